The Balaban J connectivity index is 2.01. The van der Waals surface area contributed by atoms with Gasteiger partial charge in [-0.2, -0.15) is 0 Å². The molecule has 158 valence electrons. The highest BCUT2D eigenvalue weighted by Gasteiger charge is 2.12. The summed E-state index contributed by atoms with van der Waals surface area (Å²) in [5, 5.41) is 17.1. The number of guanidine groups is 1. The number of rotatable bonds is 9. The van der Waals surface area contributed by atoms with Crippen molar-refractivity contribution in [1.82, 2.24) is 10.6 Å². The van der Waals surface area contributed by atoms with E-state index in [2.05, 4.69) is 53.7 Å². The van der Waals surface area contributed by atoms with Gasteiger partial charge in [-0.05, 0) is 37.1 Å². The number of aliphatic hydroxyl groups is 1. The molecule has 3 N–H and O–H groups in total. The third kappa shape index (κ3) is 6.98. The zero-order valence-corrected chi connectivity index (χ0v) is 18.0. The predicted molar refractivity (Wildman–Crippen MR) is 118 cm³/mol. The van der Waals surface area contributed by atoms with E-state index in [1.807, 2.05) is 6.92 Å². The Kier molecular flexibility index (Phi) is 8.80. The van der Waals surface area contributed by atoms with E-state index in [0.29, 0.717) is 36.5 Å². The molecule has 0 saturated carbocycles. The molecule has 0 bridgehead atoms. The second-order valence-corrected chi connectivity index (χ2v) is 7.08. The minimum atomic E-state index is -0.725. The van der Waals surface area contributed by atoms with Crippen molar-refractivity contribution in [2.75, 3.05) is 33.9 Å². The first-order valence-electron chi connectivity index (χ1n) is 9.96. The van der Waals surface area contributed by atoms with Crippen LogP contribution in [0.15, 0.2) is 47.5 Å². The molecule has 0 amide bonds. The minimum absolute atomic E-state index is 0.304. The van der Waals surface area contributed by atoms with Crippen molar-refractivity contribution in [3.8, 4) is 11.5 Å². The average molecular weight is 400 g/mol. The SMILES string of the molecule is CCNC(=NCC(C)c1cccc(C)c1)NCC(O)c1cc(OC)cc(OC)c1. The van der Waals surface area contributed by atoms with Crippen LogP contribution in [0.4, 0.5) is 0 Å². The van der Waals surface area contributed by atoms with E-state index in [9.17, 15) is 5.11 Å². The molecule has 2 aromatic rings. The molecule has 2 atom stereocenters. The van der Waals surface area contributed by atoms with Crippen LogP contribution in [0.25, 0.3) is 0 Å². The number of benzene rings is 2. The number of methoxy groups -OCH3 is 2. The second kappa shape index (κ2) is 11.3. The fraction of sp³-hybridized carbons (Fsp3) is 0.435. The van der Waals surface area contributed by atoms with Crippen LogP contribution in [-0.4, -0.2) is 44.9 Å². The fourth-order valence-electron chi connectivity index (χ4n) is 2.99. The number of aliphatic imine (C=N–C) groups is 1. The third-order valence-corrected chi connectivity index (χ3v) is 4.70. The molecule has 29 heavy (non-hydrogen) atoms. The number of ether oxygens (including phenoxy) is 2. The Morgan fingerprint density at radius 2 is 1.72 bits per heavy atom. The highest BCUT2D eigenvalue weighted by atomic mass is 16.5. The molecule has 0 aliphatic heterocycles. The Hall–Kier alpha value is -2.73. The fourth-order valence-corrected chi connectivity index (χ4v) is 2.99. The maximum atomic E-state index is 10.6. The Morgan fingerprint density at radius 3 is 2.31 bits per heavy atom. The second-order valence-electron chi connectivity index (χ2n) is 7.08. The maximum absolute atomic E-state index is 10.6. The van der Waals surface area contributed by atoms with Gasteiger partial charge in [0.25, 0.3) is 0 Å². The van der Waals surface area contributed by atoms with Crippen LogP contribution in [0.3, 0.4) is 0 Å². The van der Waals surface area contributed by atoms with E-state index in [1.165, 1.54) is 11.1 Å². The minimum Gasteiger partial charge on any atom is -0.497 e. The number of hydrogen-bond donors (Lipinski definition) is 3. The summed E-state index contributed by atoms with van der Waals surface area (Å²) in [5.74, 6) is 2.27. The van der Waals surface area contributed by atoms with Crippen molar-refractivity contribution in [2.24, 2.45) is 4.99 Å². The molecule has 6 nitrogen and oxygen atoms in total. The van der Waals surface area contributed by atoms with Crippen molar-refractivity contribution >= 4 is 5.96 Å². The number of nitrogens with zero attached hydrogens (tertiary/aromatic N) is 1. The van der Waals surface area contributed by atoms with Crippen LogP contribution in [0.5, 0.6) is 11.5 Å². The quantitative estimate of drug-likeness (QED) is 0.445. The molecule has 0 aromatic heterocycles. The van der Waals surface area contributed by atoms with E-state index in [1.54, 1.807) is 32.4 Å². The van der Waals surface area contributed by atoms with Crippen molar-refractivity contribution in [2.45, 2.75) is 32.8 Å². The van der Waals surface area contributed by atoms with Gasteiger partial charge in [-0.3, -0.25) is 4.99 Å². The summed E-state index contributed by atoms with van der Waals surface area (Å²) in [5.41, 5.74) is 3.24. The Labute approximate surface area is 174 Å². The van der Waals surface area contributed by atoms with E-state index in [4.69, 9.17) is 9.47 Å². The van der Waals surface area contributed by atoms with Gasteiger partial charge in [0.2, 0.25) is 0 Å². The summed E-state index contributed by atoms with van der Waals surface area (Å²) >= 11 is 0. The maximum Gasteiger partial charge on any atom is 0.191 e. The van der Waals surface area contributed by atoms with Crippen LogP contribution in [0.2, 0.25) is 0 Å². The summed E-state index contributed by atoms with van der Waals surface area (Å²) in [4.78, 5) is 4.69. The largest absolute Gasteiger partial charge is 0.497 e. The summed E-state index contributed by atoms with van der Waals surface area (Å²) in [6.07, 6.45) is -0.725. The number of hydrogen-bond acceptors (Lipinski definition) is 4. The lowest BCUT2D eigenvalue weighted by molar-refractivity contribution is 0.180. The first kappa shape index (κ1) is 22.6. The van der Waals surface area contributed by atoms with Crippen molar-refractivity contribution in [3.05, 3.63) is 59.2 Å². The molecule has 6 heteroatoms. The molecule has 0 aliphatic rings. The van der Waals surface area contributed by atoms with E-state index < -0.39 is 6.10 Å². The van der Waals surface area contributed by atoms with Gasteiger partial charge >= 0.3 is 0 Å². The summed E-state index contributed by atoms with van der Waals surface area (Å²) in [6.45, 7) is 8.00. The molecule has 0 heterocycles. The monoisotopic (exact) mass is 399 g/mol. The molecule has 0 spiro atoms. The molecular formula is C23H33N3O3. The van der Waals surface area contributed by atoms with Gasteiger partial charge in [0.05, 0.1) is 20.3 Å². The van der Waals surface area contributed by atoms with Gasteiger partial charge in [-0.1, -0.05) is 36.8 Å². The number of aryl methyl sites for hydroxylation is 1. The summed E-state index contributed by atoms with van der Waals surface area (Å²) in [7, 11) is 3.18. The lowest BCUT2D eigenvalue weighted by atomic mass is 10.00. The van der Waals surface area contributed by atoms with Crippen LogP contribution < -0.4 is 20.1 Å². The van der Waals surface area contributed by atoms with Gasteiger partial charge in [0.15, 0.2) is 5.96 Å². The molecule has 2 rings (SSSR count). The van der Waals surface area contributed by atoms with E-state index in [0.717, 1.165) is 12.1 Å². The van der Waals surface area contributed by atoms with Gasteiger partial charge in [0.1, 0.15) is 11.5 Å². The highest BCUT2D eigenvalue weighted by molar-refractivity contribution is 5.79. The average Bonchev–Trinajstić information content (AvgIpc) is 2.74. The molecular weight excluding hydrogens is 366 g/mol. The highest BCUT2D eigenvalue weighted by Crippen LogP contribution is 2.26. The third-order valence-electron chi connectivity index (χ3n) is 4.70. The smallest absolute Gasteiger partial charge is 0.191 e. The molecule has 0 saturated heterocycles. The van der Waals surface area contributed by atoms with Gasteiger partial charge in [-0.25, -0.2) is 0 Å². The van der Waals surface area contributed by atoms with Gasteiger partial charge < -0.3 is 25.2 Å². The number of aliphatic hydroxyl groups excluding tert-OH is 1. The topological polar surface area (TPSA) is 75.1 Å². The Bertz CT molecular complexity index is 785. The van der Waals surface area contributed by atoms with E-state index >= 15 is 0 Å². The Morgan fingerprint density at radius 1 is 1.03 bits per heavy atom. The summed E-state index contributed by atoms with van der Waals surface area (Å²) in [6, 6.07) is 13.9. The zero-order chi connectivity index (χ0) is 21.2. The molecule has 0 fully saturated rings. The van der Waals surface area contributed by atoms with Crippen LogP contribution in [0, 0.1) is 6.92 Å². The number of nitrogens with one attached hydrogen (secondary N) is 2. The molecule has 2 unspecified atom stereocenters. The molecule has 0 radical (unpaired) electrons. The van der Waals surface area contributed by atoms with Crippen LogP contribution in [0.1, 0.15) is 42.6 Å². The van der Waals surface area contributed by atoms with Crippen molar-refractivity contribution < 1.29 is 14.6 Å². The predicted octanol–water partition coefficient (Wildman–Crippen LogP) is 3.40. The van der Waals surface area contributed by atoms with Crippen LogP contribution >= 0.6 is 0 Å². The molecule has 0 aliphatic carbocycles. The van der Waals surface area contributed by atoms with Gasteiger partial charge in [-0.15, -0.1) is 0 Å². The molecule has 2 aromatic carbocycles. The van der Waals surface area contributed by atoms with Gasteiger partial charge in [0, 0.05) is 31.6 Å². The lowest BCUT2D eigenvalue weighted by Gasteiger charge is -2.18. The summed E-state index contributed by atoms with van der Waals surface area (Å²) < 4.78 is 10.6. The van der Waals surface area contributed by atoms with Crippen molar-refractivity contribution in [1.29, 1.82) is 0 Å². The zero-order valence-electron chi connectivity index (χ0n) is 18.0. The van der Waals surface area contributed by atoms with E-state index in [-0.39, 0.29) is 0 Å². The standard InChI is InChI=1S/C23H33N3O3/c1-6-24-23(25-14-17(3)18-9-7-8-16(2)10-18)26-15-22(27)19-11-20(28-4)13-21(12-19)29-5/h7-13,17,22,27H,6,14-15H2,1-5H3,(H2,24,25,26). The lowest BCUT2D eigenvalue weighted by Crippen LogP contribution is -2.39. The normalized spacial score (nSPS) is 13.5. The van der Waals surface area contributed by atoms with Crippen LogP contribution in [-0.2, 0) is 0 Å². The first-order chi connectivity index (χ1) is 14.0. The van der Waals surface area contributed by atoms with Crippen molar-refractivity contribution in [3.63, 3.8) is 0 Å². The first-order valence-corrected chi connectivity index (χ1v) is 9.96.